The highest BCUT2D eigenvalue weighted by Gasteiger charge is 2.37. The summed E-state index contributed by atoms with van der Waals surface area (Å²) in [4.78, 5) is 18.5. The first-order chi connectivity index (χ1) is 10.3. The molecule has 0 spiro atoms. The molecule has 128 valence electrons. The molecule has 2 aliphatic rings. The van der Waals surface area contributed by atoms with Gasteiger partial charge in [-0.25, -0.2) is 4.39 Å². The number of halogens is 1. The first-order valence-electron chi connectivity index (χ1n) is 8.75. The van der Waals surface area contributed by atoms with Crippen LogP contribution in [-0.2, 0) is 4.79 Å². The third-order valence-corrected chi connectivity index (χ3v) is 5.11. The van der Waals surface area contributed by atoms with E-state index < -0.39 is 5.67 Å². The van der Waals surface area contributed by atoms with Crippen LogP contribution in [0.4, 0.5) is 4.39 Å². The van der Waals surface area contributed by atoms with Crippen LogP contribution in [0, 0.1) is 5.92 Å². The highest BCUT2D eigenvalue weighted by molar-refractivity contribution is 5.78. The topological polar surface area (TPSA) is 26.8 Å². The first kappa shape index (κ1) is 17.7. The number of alkyl halides is 1. The number of carbonyl (C=O) groups excluding carboxylic acids is 1. The van der Waals surface area contributed by atoms with Crippen LogP contribution in [0.1, 0.15) is 40.5 Å². The fraction of sp³-hybridized carbons (Fsp3) is 0.941. The van der Waals surface area contributed by atoms with E-state index in [2.05, 4.69) is 23.6 Å². The minimum Gasteiger partial charge on any atom is -0.340 e. The summed E-state index contributed by atoms with van der Waals surface area (Å²) in [5, 5.41) is 0. The van der Waals surface area contributed by atoms with Gasteiger partial charge >= 0.3 is 0 Å². The molecule has 4 nitrogen and oxygen atoms in total. The van der Waals surface area contributed by atoms with Gasteiger partial charge in [0, 0.05) is 57.8 Å². The molecule has 0 saturated carbocycles. The zero-order valence-electron chi connectivity index (χ0n) is 14.6. The second-order valence-electron chi connectivity index (χ2n) is 7.54. The van der Waals surface area contributed by atoms with E-state index in [0.717, 1.165) is 39.3 Å². The molecule has 22 heavy (non-hydrogen) atoms. The lowest BCUT2D eigenvalue weighted by atomic mass is 9.91. The third-order valence-electron chi connectivity index (χ3n) is 5.11. The van der Waals surface area contributed by atoms with Gasteiger partial charge in [0.15, 0.2) is 0 Å². The van der Waals surface area contributed by atoms with Crippen LogP contribution in [0.15, 0.2) is 0 Å². The van der Waals surface area contributed by atoms with Crippen LogP contribution >= 0.6 is 0 Å². The van der Waals surface area contributed by atoms with Crippen molar-refractivity contribution in [1.82, 2.24) is 14.7 Å². The Morgan fingerprint density at radius 3 is 2.00 bits per heavy atom. The Labute approximate surface area is 134 Å². The van der Waals surface area contributed by atoms with Crippen molar-refractivity contribution in [3.8, 4) is 0 Å². The summed E-state index contributed by atoms with van der Waals surface area (Å²) in [7, 11) is 0. The first-order valence-corrected chi connectivity index (χ1v) is 8.75. The lowest BCUT2D eigenvalue weighted by Crippen LogP contribution is -2.55. The highest BCUT2D eigenvalue weighted by atomic mass is 19.1. The van der Waals surface area contributed by atoms with Gasteiger partial charge in [-0.2, -0.15) is 0 Å². The molecule has 0 atom stereocenters. The lowest BCUT2D eigenvalue weighted by molar-refractivity contribution is -0.136. The molecule has 0 radical (unpaired) electrons. The molecule has 2 saturated heterocycles. The Morgan fingerprint density at radius 1 is 1.00 bits per heavy atom. The number of piperidine rings is 1. The maximum atomic E-state index is 15.0. The smallest absolute Gasteiger partial charge is 0.225 e. The number of likely N-dealkylation sites (tertiary alicyclic amines) is 1. The fourth-order valence-corrected chi connectivity index (χ4v) is 3.49. The summed E-state index contributed by atoms with van der Waals surface area (Å²) in [6.45, 7) is 13.6. The van der Waals surface area contributed by atoms with E-state index in [1.807, 2.05) is 18.7 Å². The van der Waals surface area contributed by atoms with Gasteiger partial charge in [0.1, 0.15) is 5.67 Å². The number of nitrogens with zero attached hydrogens (tertiary/aromatic N) is 3. The van der Waals surface area contributed by atoms with Crippen LogP contribution in [0.25, 0.3) is 0 Å². The molecular weight excluding hydrogens is 281 g/mol. The van der Waals surface area contributed by atoms with Crippen molar-refractivity contribution in [3.63, 3.8) is 0 Å². The number of hydrogen-bond donors (Lipinski definition) is 0. The van der Waals surface area contributed by atoms with E-state index in [1.165, 1.54) is 0 Å². The molecule has 2 rings (SSSR count). The van der Waals surface area contributed by atoms with E-state index >= 15 is 4.39 Å². The highest BCUT2D eigenvalue weighted by Crippen LogP contribution is 2.29. The van der Waals surface area contributed by atoms with Gasteiger partial charge in [-0.05, 0) is 26.7 Å². The average Bonchev–Trinajstić information content (AvgIpc) is 2.47. The molecule has 2 heterocycles. The zero-order chi connectivity index (χ0) is 16.3. The largest absolute Gasteiger partial charge is 0.340 e. The molecule has 0 aromatic heterocycles. The molecule has 2 aliphatic heterocycles. The van der Waals surface area contributed by atoms with Gasteiger partial charge in [-0.1, -0.05) is 13.8 Å². The zero-order valence-corrected chi connectivity index (χ0v) is 14.6. The van der Waals surface area contributed by atoms with Gasteiger partial charge in [0.05, 0.1) is 0 Å². The van der Waals surface area contributed by atoms with Crippen LogP contribution in [-0.4, -0.2) is 78.1 Å². The molecule has 0 aliphatic carbocycles. The van der Waals surface area contributed by atoms with Crippen molar-refractivity contribution in [2.75, 3.05) is 45.8 Å². The minimum atomic E-state index is -1.05. The molecule has 0 aromatic carbocycles. The monoisotopic (exact) mass is 313 g/mol. The number of piperazine rings is 1. The van der Waals surface area contributed by atoms with E-state index in [1.54, 1.807) is 0 Å². The van der Waals surface area contributed by atoms with Crippen molar-refractivity contribution < 1.29 is 9.18 Å². The Morgan fingerprint density at radius 2 is 1.55 bits per heavy atom. The fourth-order valence-electron chi connectivity index (χ4n) is 3.49. The van der Waals surface area contributed by atoms with Crippen molar-refractivity contribution >= 4 is 5.91 Å². The molecular formula is C17H32FN3O. The van der Waals surface area contributed by atoms with Crippen LogP contribution < -0.4 is 0 Å². The van der Waals surface area contributed by atoms with E-state index in [9.17, 15) is 4.79 Å². The predicted molar refractivity (Wildman–Crippen MR) is 87.6 cm³/mol. The Hall–Kier alpha value is -0.680. The van der Waals surface area contributed by atoms with Gasteiger partial charge in [-0.3, -0.25) is 9.69 Å². The van der Waals surface area contributed by atoms with E-state index in [-0.39, 0.29) is 11.8 Å². The van der Waals surface area contributed by atoms with Gasteiger partial charge < -0.3 is 9.80 Å². The Bertz CT molecular complexity index is 370. The number of amides is 1. The second-order valence-corrected chi connectivity index (χ2v) is 7.54. The van der Waals surface area contributed by atoms with E-state index in [4.69, 9.17) is 0 Å². The quantitative estimate of drug-likeness (QED) is 0.794. The summed E-state index contributed by atoms with van der Waals surface area (Å²) in [5.41, 5.74) is -1.05. The Kier molecular flexibility index (Phi) is 5.83. The van der Waals surface area contributed by atoms with Gasteiger partial charge in [0.25, 0.3) is 0 Å². The van der Waals surface area contributed by atoms with E-state index in [0.29, 0.717) is 25.4 Å². The lowest BCUT2D eigenvalue weighted by Gasteiger charge is -2.43. The summed E-state index contributed by atoms with van der Waals surface area (Å²) in [6, 6.07) is 0.509. The molecule has 0 aromatic rings. The Balaban J connectivity index is 1.77. The number of carbonyl (C=O) groups is 1. The summed E-state index contributed by atoms with van der Waals surface area (Å²) in [6.07, 6.45) is 1.27. The van der Waals surface area contributed by atoms with Gasteiger partial charge in [0.2, 0.25) is 5.91 Å². The number of hydrogen-bond acceptors (Lipinski definition) is 3. The molecule has 1 amide bonds. The molecule has 0 unspecified atom stereocenters. The molecule has 2 fully saturated rings. The van der Waals surface area contributed by atoms with Gasteiger partial charge in [-0.15, -0.1) is 0 Å². The maximum Gasteiger partial charge on any atom is 0.225 e. The summed E-state index contributed by atoms with van der Waals surface area (Å²) < 4.78 is 15.0. The normalized spacial score (nSPS) is 24.2. The SMILES string of the molecule is CC(C)C(=O)N1CCN(CC2(F)CCN(C(C)C)CC2)CC1. The number of rotatable bonds is 4. The maximum absolute atomic E-state index is 15.0. The van der Waals surface area contributed by atoms with Crippen LogP contribution in [0.2, 0.25) is 0 Å². The van der Waals surface area contributed by atoms with Crippen molar-refractivity contribution in [1.29, 1.82) is 0 Å². The third kappa shape index (κ3) is 4.42. The minimum absolute atomic E-state index is 0.0550. The average molecular weight is 313 g/mol. The standard InChI is InChI=1S/C17H32FN3O/c1-14(2)16(22)21-11-9-19(10-12-21)13-17(18)5-7-20(8-6-17)15(3)4/h14-15H,5-13H2,1-4H3. The predicted octanol–water partition coefficient (Wildman–Crippen LogP) is 2.00. The summed E-state index contributed by atoms with van der Waals surface area (Å²) in [5.74, 6) is 0.277. The molecule has 5 heteroatoms. The van der Waals surface area contributed by atoms with Crippen molar-refractivity contribution in [2.24, 2.45) is 5.92 Å². The summed E-state index contributed by atoms with van der Waals surface area (Å²) >= 11 is 0. The van der Waals surface area contributed by atoms with Crippen LogP contribution in [0.3, 0.4) is 0 Å². The molecule has 0 bridgehead atoms. The molecule has 0 N–H and O–H groups in total. The van der Waals surface area contributed by atoms with Crippen molar-refractivity contribution in [3.05, 3.63) is 0 Å². The van der Waals surface area contributed by atoms with Crippen molar-refractivity contribution in [2.45, 2.75) is 52.2 Å². The van der Waals surface area contributed by atoms with Crippen LogP contribution in [0.5, 0.6) is 0 Å². The second kappa shape index (κ2) is 7.26.